The number of fused-ring (bicyclic) bond motifs is 2. The molecule has 3 aliphatic rings. The fourth-order valence-electron chi connectivity index (χ4n) is 4.98. The van der Waals surface area contributed by atoms with Gasteiger partial charge in [-0.1, -0.05) is 12.1 Å². The lowest BCUT2D eigenvalue weighted by atomic mass is 9.84. The second-order valence-electron chi connectivity index (χ2n) is 7.88. The molecule has 3 fully saturated rings. The average Bonchev–Trinajstić information content (AvgIpc) is 3.36. The van der Waals surface area contributed by atoms with Crippen molar-refractivity contribution in [2.24, 2.45) is 23.5 Å². The van der Waals surface area contributed by atoms with Gasteiger partial charge in [-0.05, 0) is 38.0 Å². The molecule has 1 saturated heterocycles. The first kappa shape index (κ1) is 17.0. The maximum atomic E-state index is 13.0. The summed E-state index contributed by atoms with van der Waals surface area (Å²) in [5.74, 6) is 2.87. The molecule has 2 bridgehead atoms. The maximum Gasteiger partial charge on any atom is 0.243 e. The first-order valence-corrected chi connectivity index (χ1v) is 9.69. The second-order valence-corrected chi connectivity index (χ2v) is 7.88. The molecule has 2 heterocycles. The monoisotopic (exact) mass is 347 g/mol. The lowest BCUT2D eigenvalue weighted by Crippen LogP contribution is -2.54. The van der Waals surface area contributed by atoms with Gasteiger partial charge in [-0.25, -0.2) is 0 Å². The van der Waals surface area contributed by atoms with Crippen LogP contribution in [0.25, 0.3) is 0 Å². The largest absolute Gasteiger partial charge is 0.340 e. The zero-order valence-corrected chi connectivity index (χ0v) is 15.2. The Morgan fingerprint density at radius 2 is 2.00 bits per heavy atom. The van der Waals surface area contributed by atoms with Crippen LogP contribution in [-0.4, -0.2) is 58.1 Å². The van der Waals surface area contributed by atoms with E-state index in [0.717, 1.165) is 44.8 Å². The van der Waals surface area contributed by atoms with Crippen LogP contribution in [0.15, 0.2) is 4.52 Å². The van der Waals surface area contributed by atoms with E-state index in [4.69, 9.17) is 10.3 Å². The standard InChI is InChI=1S/C18H29N5O2/c1-3-14-20-17(25-21-14)11(2)22-6-8-23(9-7-22)18(24)15-12-4-5-13(10-12)16(15)19/h11-13,15-16H,3-10,19H2,1-2H3. The van der Waals surface area contributed by atoms with Crippen molar-refractivity contribution in [2.45, 2.75) is 51.6 Å². The highest BCUT2D eigenvalue weighted by molar-refractivity contribution is 5.80. The highest BCUT2D eigenvalue weighted by Crippen LogP contribution is 2.48. The lowest BCUT2D eigenvalue weighted by molar-refractivity contribution is -0.140. The zero-order chi connectivity index (χ0) is 17.6. The van der Waals surface area contributed by atoms with Crippen LogP contribution in [0.5, 0.6) is 0 Å². The quantitative estimate of drug-likeness (QED) is 0.881. The SMILES string of the molecule is CCc1noc(C(C)N2CCN(C(=O)C3C4CCC(C4)C3N)CC2)n1. The molecule has 7 nitrogen and oxygen atoms in total. The Kier molecular flexibility index (Phi) is 4.54. The number of nitrogens with zero attached hydrogens (tertiary/aromatic N) is 4. The summed E-state index contributed by atoms with van der Waals surface area (Å²) in [6.07, 6.45) is 4.33. The minimum absolute atomic E-state index is 0.0609. The topological polar surface area (TPSA) is 88.5 Å². The molecule has 0 spiro atoms. The molecule has 138 valence electrons. The number of amides is 1. The molecular formula is C18H29N5O2. The number of aromatic nitrogens is 2. The van der Waals surface area contributed by atoms with Gasteiger partial charge in [-0.15, -0.1) is 0 Å². The fraction of sp³-hybridized carbons (Fsp3) is 0.833. The minimum atomic E-state index is 0.0609. The number of hydrogen-bond donors (Lipinski definition) is 1. The first-order chi connectivity index (χ1) is 12.1. The third kappa shape index (κ3) is 2.97. The smallest absolute Gasteiger partial charge is 0.243 e. The van der Waals surface area contributed by atoms with Crippen LogP contribution >= 0.6 is 0 Å². The van der Waals surface area contributed by atoms with Gasteiger partial charge in [0.15, 0.2) is 5.82 Å². The van der Waals surface area contributed by atoms with E-state index in [1.165, 1.54) is 12.8 Å². The van der Waals surface area contributed by atoms with E-state index in [9.17, 15) is 4.79 Å². The summed E-state index contributed by atoms with van der Waals surface area (Å²) in [4.78, 5) is 21.8. The molecule has 4 rings (SSSR count). The number of nitrogens with two attached hydrogens (primary N) is 1. The second kappa shape index (κ2) is 6.68. The fourth-order valence-corrected chi connectivity index (χ4v) is 4.98. The van der Waals surface area contributed by atoms with Crippen LogP contribution in [0.4, 0.5) is 0 Å². The van der Waals surface area contributed by atoms with E-state index in [-0.39, 0.29) is 23.9 Å². The summed E-state index contributed by atoms with van der Waals surface area (Å²) in [5.41, 5.74) is 6.35. The van der Waals surface area contributed by atoms with Crippen molar-refractivity contribution in [2.75, 3.05) is 26.2 Å². The molecule has 1 aromatic rings. The molecule has 2 saturated carbocycles. The molecule has 1 aliphatic heterocycles. The van der Waals surface area contributed by atoms with Gasteiger partial charge in [0.25, 0.3) is 0 Å². The van der Waals surface area contributed by atoms with Crippen LogP contribution in [0, 0.1) is 17.8 Å². The van der Waals surface area contributed by atoms with Crippen molar-refractivity contribution in [3.8, 4) is 0 Å². The summed E-state index contributed by atoms with van der Waals surface area (Å²) in [6, 6.07) is 0.170. The van der Waals surface area contributed by atoms with Gasteiger partial charge in [0.05, 0.1) is 12.0 Å². The van der Waals surface area contributed by atoms with Gasteiger partial charge in [-0.2, -0.15) is 4.98 Å². The third-order valence-corrected chi connectivity index (χ3v) is 6.60. The van der Waals surface area contributed by atoms with Gasteiger partial charge in [0, 0.05) is 38.6 Å². The average molecular weight is 347 g/mol. The molecule has 25 heavy (non-hydrogen) atoms. The molecule has 0 radical (unpaired) electrons. The molecule has 2 N–H and O–H groups in total. The van der Waals surface area contributed by atoms with E-state index in [1.54, 1.807) is 0 Å². The van der Waals surface area contributed by atoms with Gasteiger partial charge in [-0.3, -0.25) is 9.69 Å². The van der Waals surface area contributed by atoms with Crippen molar-refractivity contribution >= 4 is 5.91 Å². The number of hydrogen-bond acceptors (Lipinski definition) is 6. The molecule has 1 aromatic heterocycles. The van der Waals surface area contributed by atoms with E-state index in [1.807, 2.05) is 11.8 Å². The Balaban J connectivity index is 1.34. The third-order valence-electron chi connectivity index (χ3n) is 6.60. The van der Waals surface area contributed by atoms with Crippen molar-refractivity contribution in [1.29, 1.82) is 0 Å². The summed E-state index contributed by atoms with van der Waals surface area (Å²) in [7, 11) is 0. The number of carbonyl (C=O) groups is 1. The summed E-state index contributed by atoms with van der Waals surface area (Å²) < 4.78 is 5.37. The first-order valence-electron chi connectivity index (χ1n) is 9.69. The van der Waals surface area contributed by atoms with Crippen molar-refractivity contribution in [1.82, 2.24) is 19.9 Å². The number of carbonyl (C=O) groups excluding carboxylic acids is 1. The Morgan fingerprint density at radius 3 is 2.60 bits per heavy atom. The van der Waals surface area contributed by atoms with Crippen LogP contribution in [0.3, 0.4) is 0 Å². The maximum absolute atomic E-state index is 13.0. The number of piperazine rings is 1. The molecule has 0 aromatic carbocycles. The van der Waals surface area contributed by atoms with Gasteiger partial charge in [0.2, 0.25) is 11.8 Å². The molecular weight excluding hydrogens is 318 g/mol. The Morgan fingerprint density at radius 1 is 1.28 bits per heavy atom. The summed E-state index contributed by atoms with van der Waals surface area (Å²) in [6.45, 7) is 7.32. The molecule has 2 aliphatic carbocycles. The minimum Gasteiger partial charge on any atom is -0.340 e. The summed E-state index contributed by atoms with van der Waals surface area (Å²) in [5, 5.41) is 3.99. The van der Waals surface area contributed by atoms with Gasteiger partial charge >= 0.3 is 0 Å². The van der Waals surface area contributed by atoms with Crippen LogP contribution in [0.2, 0.25) is 0 Å². The highest BCUT2D eigenvalue weighted by atomic mass is 16.5. The van der Waals surface area contributed by atoms with Crippen molar-refractivity contribution in [3.63, 3.8) is 0 Å². The lowest BCUT2D eigenvalue weighted by Gasteiger charge is -2.39. The van der Waals surface area contributed by atoms with Crippen molar-refractivity contribution < 1.29 is 9.32 Å². The van der Waals surface area contributed by atoms with E-state index < -0.39 is 0 Å². The predicted octanol–water partition coefficient (Wildman–Crippen LogP) is 1.21. The van der Waals surface area contributed by atoms with Crippen LogP contribution in [0.1, 0.15) is 50.9 Å². The Bertz CT molecular complexity index is 623. The predicted molar refractivity (Wildman–Crippen MR) is 92.5 cm³/mol. The highest BCUT2D eigenvalue weighted by Gasteiger charge is 2.50. The molecule has 5 unspecified atom stereocenters. The van der Waals surface area contributed by atoms with Crippen molar-refractivity contribution in [3.05, 3.63) is 11.7 Å². The summed E-state index contributed by atoms with van der Waals surface area (Å²) >= 11 is 0. The Labute approximate surface area is 148 Å². The number of rotatable bonds is 4. The van der Waals surface area contributed by atoms with E-state index in [0.29, 0.717) is 17.7 Å². The molecule has 1 amide bonds. The normalized spacial score (nSPS) is 33.8. The molecule has 5 atom stereocenters. The van der Waals surface area contributed by atoms with Crippen LogP contribution in [-0.2, 0) is 11.2 Å². The number of aryl methyl sites for hydroxylation is 1. The van der Waals surface area contributed by atoms with E-state index in [2.05, 4.69) is 22.0 Å². The van der Waals surface area contributed by atoms with E-state index >= 15 is 0 Å². The Hall–Kier alpha value is -1.47. The van der Waals surface area contributed by atoms with Crippen LogP contribution < -0.4 is 5.73 Å². The van der Waals surface area contributed by atoms with Gasteiger partial charge < -0.3 is 15.2 Å². The van der Waals surface area contributed by atoms with Gasteiger partial charge in [0.1, 0.15) is 0 Å². The molecule has 7 heteroatoms. The zero-order valence-electron chi connectivity index (χ0n) is 15.2.